The van der Waals surface area contributed by atoms with Gasteiger partial charge in [-0.05, 0) is 46.3 Å². The predicted octanol–water partition coefficient (Wildman–Crippen LogP) is 3.21. The van der Waals surface area contributed by atoms with Crippen molar-refractivity contribution in [2.75, 3.05) is 5.32 Å². The van der Waals surface area contributed by atoms with Gasteiger partial charge in [-0.2, -0.15) is 4.98 Å². The number of rotatable bonds is 4. The summed E-state index contributed by atoms with van der Waals surface area (Å²) in [7, 11) is 0. The molecular weight excluding hydrogens is 336 g/mol. The molecule has 0 atom stereocenters. The van der Waals surface area contributed by atoms with Crippen molar-refractivity contribution in [2.45, 2.75) is 6.54 Å². The number of hydrogen-bond acceptors (Lipinski definition) is 6. The van der Waals surface area contributed by atoms with Crippen LogP contribution in [0.5, 0.6) is 5.75 Å². The van der Waals surface area contributed by atoms with Crippen LogP contribution in [0, 0.1) is 0 Å². The third kappa shape index (κ3) is 3.38. The van der Waals surface area contributed by atoms with Crippen LogP contribution < -0.4 is 5.32 Å². The number of halogens is 1. The van der Waals surface area contributed by atoms with E-state index in [1.54, 1.807) is 36.7 Å². The van der Waals surface area contributed by atoms with Gasteiger partial charge in [-0.25, -0.2) is 0 Å². The number of pyridine rings is 1. The van der Waals surface area contributed by atoms with Crippen molar-refractivity contribution in [3.05, 3.63) is 53.1 Å². The van der Waals surface area contributed by atoms with E-state index in [1.807, 2.05) is 6.07 Å². The molecule has 2 N–H and O–H groups in total. The quantitative estimate of drug-likeness (QED) is 0.705. The van der Waals surface area contributed by atoms with Crippen LogP contribution in [0.3, 0.4) is 0 Å². The van der Waals surface area contributed by atoms with Gasteiger partial charge in [-0.15, -0.1) is 0 Å². The van der Waals surface area contributed by atoms with Gasteiger partial charge < -0.3 is 14.9 Å². The normalized spacial score (nSPS) is 10.5. The van der Waals surface area contributed by atoms with Gasteiger partial charge in [0.2, 0.25) is 11.7 Å². The number of hydrogen-bond donors (Lipinski definition) is 2. The number of benzene rings is 1. The number of aromatic nitrogens is 3. The molecule has 3 rings (SSSR count). The number of phenolic OH excluding ortho intramolecular Hbond substituents is 1. The summed E-state index contributed by atoms with van der Waals surface area (Å²) in [5.41, 5.74) is 1.64. The molecule has 0 aliphatic rings. The summed E-state index contributed by atoms with van der Waals surface area (Å²) < 4.78 is 6.04. The van der Waals surface area contributed by atoms with Crippen molar-refractivity contribution < 1.29 is 9.63 Å². The molecule has 6 nitrogen and oxygen atoms in total. The van der Waals surface area contributed by atoms with Crippen LogP contribution in [-0.4, -0.2) is 20.2 Å². The molecule has 2 aromatic heterocycles. The second kappa shape index (κ2) is 5.92. The Bertz CT molecular complexity index is 743. The van der Waals surface area contributed by atoms with Gasteiger partial charge in [0, 0.05) is 28.1 Å². The van der Waals surface area contributed by atoms with E-state index in [0.29, 0.717) is 18.3 Å². The molecule has 0 spiro atoms. The van der Waals surface area contributed by atoms with Crippen LogP contribution in [0.25, 0.3) is 11.4 Å². The zero-order chi connectivity index (χ0) is 14.7. The van der Waals surface area contributed by atoms with Crippen LogP contribution >= 0.6 is 15.9 Å². The van der Waals surface area contributed by atoms with Crippen LogP contribution in [-0.2, 0) is 6.54 Å². The molecule has 21 heavy (non-hydrogen) atoms. The SMILES string of the molecule is Oc1ccc(NCc2nc(-c3cncc(Br)c3)no2)cc1. The second-order valence-electron chi connectivity index (χ2n) is 4.30. The minimum Gasteiger partial charge on any atom is -0.508 e. The van der Waals surface area contributed by atoms with E-state index in [9.17, 15) is 5.11 Å². The monoisotopic (exact) mass is 346 g/mol. The number of nitrogens with zero attached hydrogens (tertiary/aromatic N) is 3. The van der Waals surface area contributed by atoms with Crippen molar-refractivity contribution >= 4 is 21.6 Å². The number of anilines is 1. The molecule has 1 aromatic carbocycles. The molecule has 0 amide bonds. The fraction of sp³-hybridized carbons (Fsp3) is 0.0714. The highest BCUT2D eigenvalue weighted by Gasteiger charge is 2.09. The zero-order valence-corrected chi connectivity index (χ0v) is 12.4. The van der Waals surface area contributed by atoms with Crippen LogP contribution in [0.4, 0.5) is 5.69 Å². The number of nitrogens with one attached hydrogen (secondary N) is 1. The largest absolute Gasteiger partial charge is 0.508 e. The van der Waals surface area contributed by atoms with E-state index in [1.165, 1.54) is 0 Å². The molecule has 0 aliphatic heterocycles. The lowest BCUT2D eigenvalue weighted by molar-refractivity contribution is 0.384. The summed E-state index contributed by atoms with van der Waals surface area (Å²) >= 11 is 3.35. The maximum atomic E-state index is 9.22. The highest BCUT2D eigenvalue weighted by molar-refractivity contribution is 9.10. The molecule has 0 fully saturated rings. The Morgan fingerprint density at radius 3 is 2.76 bits per heavy atom. The second-order valence-corrected chi connectivity index (χ2v) is 5.22. The molecule has 0 aliphatic carbocycles. The van der Waals surface area contributed by atoms with Crippen LogP contribution in [0.15, 0.2) is 51.7 Å². The predicted molar refractivity (Wildman–Crippen MR) is 80.7 cm³/mol. The van der Waals surface area contributed by atoms with E-state index in [2.05, 4.69) is 36.4 Å². The van der Waals surface area contributed by atoms with E-state index in [-0.39, 0.29) is 5.75 Å². The van der Waals surface area contributed by atoms with E-state index < -0.39 is 0 Å². The molecule has 0 saturated carbocycles. The third-order valence-corrected chi connectivity index (χ3v) is 3.18. The van der Waals surface area contributed by atoms with Crippen molar-refractivity contribution in [3.63, 3.8) is 0 Å². The molecular formula is C14H11BrN4O2. The maximum absolute atomic E-state index is 9.22. The highest BCUT2D eigenvalue weighted by Crippen LogP contribution is 2.19. The highest BCUT2D eigenvalue weighted by atomic mass is 79.9. The number of aromatic hydroxyl groups is 1. The van der Waals surface area contributed by atoms with Crippen molar-refractivity contribution in [1.82, 2.24) is 15.1 Å². The van der Waals surface area contributed by atoms with Crippen molar-refractivity contribution in [3.8, 4) is 17.1 Å². The average Bonchev–Trinajstić information content (AvgIpc) is 2.96. The van der Waals surface area contributed by atoms with Gasteiger partial charge in [0.15, 0.2) is 0 Å². The molecule has 7 heteroatoms. The van der Waals surface area contributed by atoms with Crippen LogP contribution in [0.2, 0.25) is 0 Å². The van der Waals surface area contributed by atoms with Crippen molar-refractivity contribution in [2.24, 2.45) is 0 Å². The lowest BCUT2D eigenvalue weighted by Crippen LogP contribution is -1.99. The number of phenols is 1. The summed E-state index contributed by atoms with van der Waals surface area (Å²) in [6, 6.07) is 8.62. The van der Waals surface area contributed by atoms with E-state index in [0.717, 1.165) is 15.7 Å². The van der Waals surface area contributed by atoms with Gasteiger partial charge in [-0.1, -0.05) is 5.16 Å². The summed E-state index contributed by atoms with van der Waals surface area (Å²) in [5, 5.41) is 16.3. The van der Waals surface area contributed by atoms with Crippen LogP contribution in [0.1, 0.15) is 5.89 Å². The Labute approximate surface area is 129 Å². The smallest absolute Gasteiger partial charge is 0.246 e. The third-order valence-electron chi connectivity index (χ3n) is 2.74. The van der Waals surface area contributed by atoms with Gasteiger partial charge in [-0.3, -0.25) is 4.98 Å². The first-order valence-corrected chi connectivity index (χ1v) is 6.96. The summed E-state index contributed by atoms with van der Waals surface area (Å²) in [4.78, 5) is 8.37. The van der Waals surface area contributed by atoms with Crippen molar-refractivity contribution in [1.29, 1.82) is 0 Å². The molecule has 0 unspecified atom stereocenters. The maximum Gasteiger partial charge on any atom is 0.246 e. The fourth-order valence-electron chi connectivity index (χ4n) is 1.74. The zero-order valence-electron chi connectivity index (χ0n) is 10.8. The molecule has 3 aromatic rings. The van der Waals surface area contributed by atoms with Gasteiger partial charge in [0.25, 0.3) is 0 Å². The molecule has 0 bridgehead atoms. The Morgan fingerprint density at radius 1 is 1.19 bits per heavy atom. The Morgan fingerprint density at radius 2 is 2.00 bits per heavy atom. The Balaban J connectivity index is 1.69. The molecule has 106 valence electrons. The van der Waals surface area contributed by atoms with Gasteiger partial charge >= 0.3 is 0 Å². The summed E-state index contributed by atoms with van der Waals surface area (Å²) in [5.74, 6) is 1.19. The summed E-state index contributed by atoms with van der Waals surface area (Å²) in [6.07, 6.45) is 3.36. The lowest BCUT2D eigenvalue weighted by atomic mass is 10.3. The van der Waals surface area contributed by atoms with E-state index >= 15 is 0 Å². The average molecular weight is 347 g/mol. The first-order valence-electron chi connectivity index (χ1n) is 6.17. The summed E-state index contributed by atoms with van der Waals surface area (Å²) in [6.45, 7) is 0.402. The Hall–Kier alpha value is -2.41. The first kappa shape index (κ1) is 13.6. The minimum atomic E-state index is 0.225. The standard InChI is InChI=1S/C14H11BrN4O2/c15-10-5-9(6-16-7-10)14-18-13(21-19-14)8-17-11-1-3-12(20)4-2-11/h1-7,17,20H,8H2. The van der Waals surface area contributed by atoms with E-state index in [4.69, 9.17) is 4.52 Å². The molecule has 0 radical (unpaired) electrons. The molecule has 0 saturated heterocycles. The minimum absolute atomic E-state index is 0.225. The lowest BCUT2D eigenvalue weighted by Gasteiger charge is -2.02. The fourth-order valence-corrected chi connectivity index (χ4v) is 2.10. The van der Waals surface area contributed by atoms with Gasteiger partial charge in [0.05, 0.1) is 6.54 Å². The topological polar surface area (TPSA) is 84.1 Å². The van der Waals surface area contributed by atoms with Gasteiger partial charge in [0.1, 0.15) is 5.75 Å². The first-order chi connectivity index (χ1) is 10.2. The molecule has 2 heterocycles. The Kier molecular flexibility index (Phi) is 3.83.